The minimum atomic E-state index is 0.0937. The second-order valence-corrected chi connectivity index (χ2v) is 4.16. The van der Waals surface area contributed by atoms with Gasteiger partial charge in [-0.1, -0.05) is 6.07 Å². The highest BCUT2D eigenvalue weighted by atomic mass is 16.5. The van der Waals surface area contributed by atoms with Crippen molar-refractivity contribution in [3.63, 3.8) is 0 Å². The second-order valence-electron chi connectivity index (χ2n) is 4.16. The Morgan fingerprint density at radius 3 is 2.76 bits per heavy atom. The third-order valence-corrected chi connectivity index (χ3v) is 2.69. The van der Waals surface area contributed by atoms with Gasteiger partial charge in [-0.3, -0.25) is 4.98 Å². The van der Waals surface area contributed by atoms with E-state index < -0.39 is 0 Å². The second kappa shape index (κ2) is 5.15. The molecule has 3 heteroatoms. The van der Waals surface area contributed by atoms with E-state index in [1.54, 1.807) is 7.11 Å². The smallest absolute Gasteiger partial charge is 0.121 e. The molecule has 2 rings (SSSR count). The topological polar surface area (TPSA) is 31.4 Å². The van der Waals surface area contributed by atoms with Crippen LogP contribution in [-0.4, -0.2) is 24.8 Å². The monoisotopic (exact) mass is 231 g/mol. The van der Waals surface area contributed by atoms with Crippen LogP contribution in [0.5, 0.6) is 5.75 Å². The van der Waals surface area contributed by atoms with Gasteiger partial charge in [-0.25, -0.2) is 0 Å². The van der Waals surface area contributed by atoms with E-state index in [4.69, 9.17) is 9.47 Å². The Kier molecular flexibility index (Phi) is 3.59. The normalized spacial score (nSPS) is 12.6. The van der Waals surface area contributed by atoms with Gasteiger partial charge in [-0.2, -0.15) is 0 Å². The molecule has 0 radical (unpaired) electrons. The van der Waals surface area contributed by atoms with Crippen LogP contribution in [0, 0.1) is 6.92 Å². The molecule has 0 aliphatic rings. The van der Waals surface area contributed by atoms with Crippen LogP contribution >= 0.6 is 0 Å². The molecule has 0 spiro atoms. The summed E-state index contributed by atoms with van der Waals surface area (Å²) in [7, 11) is 1.68. The summed E-state index contributed by atoms with van der Waals surface area (Å²) in [5.41, 5.74) is 1.98. The molecule has 3 nitrogen and oxygen atoms in total. The molecule has 1 heterocycles. The van der Waals surface area contributed by atoms with Crippen molar-refractivity contribution in [2.24, 2.45) is 0 Å². The highest BCUT2D eigenvalue weighted by molar-refractivity contribution is 5.80. The van der Waals surface area contributed by atoms with Crippen molar-refractivity contribution in [3.8, 4) is 5.75 Å². The van der Waals surface area contributed by atoms with Gasteiger partial charge in [0.25, 0.3) is 0 Å². The van der Waals surface area contributed by atoms with Crippen molar-refractivity contribution in [3.05, 3.63) is 36.0 Å². The van der Waals surface area contributed by atoms with Gasteiger partial charge in [0.1, 0.15) is 12.4 Å². The number of rotatable bonds is 4. The van der Waals surface area contributed by atoms with E-state index in [-0.39, 0.29) is 6.10 Å². The summed E-state index contributed by atoms with van der Waals surface area (Å²) in [5.74, 6) is 0.833. The molecule has 0 aliphatic carbocycles. The van der Waals surface area contributed by atoms with Gasteiger partial charge < -0.3 is 9.47 Å². The van der Waals surface area contributed by atoms with Gasteiger partial charge in [-0.15, -0.1) is 0 Å². The number of ether oxygens (including phenoxy) is 2. The molecule has 2 aromatic rings. The van der Waals surface area contributed by atoms with Gasteiger partial charge in [0.05, 0.1) is 11.6 Å². The number of benzene rings is 1. The predicted molar refractivity (Wildman–Crippen MR) is 68.4 cm³/mol. The lowest BCUT2D eigenvalue weighted by molar-refractivity contribution is 0.0717. The molecular weight excluding hydrogens is 214 g/mol. The average Bonchev–Trinajstić information content (AvgIpc) is 2.35. The van der Waals surface area contributed by atoms with E-state index in [2.05, 4.69) is 11.1 Å². The Morgan fingerprint density at radius 1 is 1.24 bits per heavy atom. The number of methoxy groups -OCH3 is 1. The number of aryl methyl sites for hydroxylation is 1. The van der Waals surface area contributed by atoms with Crippen LogP contribution in [0.4, 0.5) is 0 Å². The fraction of sp³-hybridized carbons (Fsp3) is 0.357. The molecule has 0 bridgehead atoms. The van der Waals surface area contributed by atoms with E-state index in [1.807, 2.05) is 38.1 Å². The van der Waals surface area contributed by atoms with Crippen LogP contribution in [0.15, 0.2) is 30.3 Å². The predicted octanol–water partition coefficient (Wildman–Crippen LogP) is 2.96. The van der Waals surface area contributed by atoms with E-state index in [1.165, 1.54) is 0 Å². The third-order valence-electron chi connectivity index (χ3n) is 2.69. The van der Waals surface area contributed by atoms with E-state index in [0.29, 0.717) is 6.61 Å². The molecule has 1 aromatic heterocycles. The average molecular weight is 231 g/mol. The molecule has 0 unspecified atom stereocenters. The highest BCUT2D eigenvalue weighted by Crippen LogP contribution is 2.19. The van der Waals surface area contributed by atoms with Crippen LogP contribution in [0.1, 0.15) is 12.6 Å². The zero-order valence-electron chi connectivity index (χ0n) is 10.4. The molecule has 17 heavy (non-hydrogen) atoms. The zero-order chi connectivity index (χ0) is 12.3. The van der Waals surface area contributed by atoms with E-state index in [0.717, 1.165) is 22.3 Å². The van der Waals surface area contributed by atoms with Gasteiger partial charge in [0.2, 0.25) is 0 Å². The molecule has 90 valence electrons. The van der Waals surface area contributed by atoms with Crippen molar-refractivity contribution in [2.45, 2.75) is 20.0 Å². The minimum absolute atomic E-state index is 0.0937. The largest absolute Gasteiger partial charge is 0.491 e. The van der Waals surface area contributed by atoms with Crippen LogP contribution < -0.4 is 4.74 Å². The fourth-order valence-electron chi connectivity index (χ4n) is 1.57. The first-order valence-electron chi connectivity index (χ1n) is 5.72. The quantitative estimate of drug-likeness (QED) is 0.810. The fourth-order valence-corrected chi connectivity index (χ4v) is 1.57. The maximum absolute atomic E-state index is 5.64. The first-order chi connectivity index (χ1) is 8.19. The van der Waals surface area contributed by atoms with Crippen molar-refractivity contribution >= 4 is 10.9 Å². The van der Waals surface area contributed by atoms with Crippen LogP contribution in [-0.2, 0) is 4.74 Å². The Morgan fingerprint density at radius 2 is 2.00 bits per heavy atom. The molecule has 0 aliphatic heterocycles. The van der Waals surface area contributed by atoms with Crippen molar-refractivity contribution in [2.75, 3.05) is 13.7 Å². The molecule has 0 N–H and O–H groups in total. The minimum Gasteiger partial charge on any atom is -0.491 e. The number of hydrogen-bond donors (Lipinski definition) is 0. The number of pyridine rings is 1. The standard InChI is InChI=1S/C14H17NO2/c1-10-4-5-12-6-7-13(8-14(12)15-10)17-9-11(2)16-3/h4-8,11H,9H2,1-3H3/t11-/m1/s1. The molecule has 1 aromatic carbocycles. The molecule has 0 saturated heterocycles. The number of hydrogen-bond acceptors (Lipinski definition) is 3. The lowest BCUT2D eigenvalue weighted by atomic mass is 10.2. The molecule has 0 saturated carbocycles. The summed E-state index contributed by atoms with van der Waals surface area (Å²) in [6, 6.07) is 10.0. The Hall–Kier alpha value is -1.61. The van der Waals surface area contributed by atoms with Crippen molar-refractivity contribution < 1.29 is 9.47 Å². The highest BCUT2D eigenvalue weighted by Gasteiger charge is 2.02. The van der Waals surface area contributed by atoms with Crippen LogP contribution in [0.25, 0.3) is 10.9 Å². The Labute approximate surface area is 101 Å². The SMILES string of the molecule is CO[C@H](C)COc1ccc2ccc(C)nc2c1. The number of nitrogens with zero attached hydrogens (tertiary/aromatic N) is 1. The van der Waals surface area contributed by atoms with Crippen LogP contribution in [0.3, 0.4) is 0 Å². The van der Waals surface area contributed by atoms with Crippen molar-refractivity contribution in [1.29, 1.82) is 0 Å². The lowest BCUT2D eigenvalue weighted by Gasteiger charge is -2.11. The summed E-state index contributed by atoms with van der Waals surface area (Å²) in [6.07, 6.45) is 0.0937. The number of aromatic nitrogens is 1. The summed E-state index contributed by atoms with van der Waals surface area (Å²) in [4.78, 5) is 4.47. The van der Waals surface area contributed by atoms with Gasteiger partial charge in [-0.05, 0) is 32.0 Å². The molecule has 0 fully saturated rings. The van der Waals surface area contributed by atoms with E-state index >= 15 is 0 Å². The van der Waals surface area contributed by atoms with Crippen LogP contribution in [0.2, 0.25) is 0 Å². The van der Waals surface area contributed by atoms with Gasteiger partial charge >= 0.3 is 0 Å². The first-order valence-corrected chi connectivity index (χ1v) is 5.72. The summed E-state index contributed by atoms with van der Waals surface area (Å²) < 4.78 is 10.8. The Bertz CT molecular complexity index is 511. The first kappa shape index (κ1) is 11.9. The summed E-state index contributed by atoms with van der Waals surface area (Å²) in [5, 5.41) is 1.13. The maximum atomic E-state index is 5.64. The summed E-state index contributed by atoms with van der Waals surface area (Å²) in [6.45, 7) is 4.51. The Balaban J connectivity index is 2.19. The molecule has 0 amide bonds. The van der Waals surface area contributed by atoms with Gasteiger partial charge in [0.15, 0.2) is 0 Å². The maximum Gasteiger partial charge on any atom is 0.121 e. The molecular formula is C14H17NO2. The van der Waals surface area contributed by atoms with E-state index in [9.17, 15) is 0 Å². The third kappa shape index (κ3) is 2.94. The lowest BCUT2D eigenvalue weighted by Crippen LogP contribution is -2.15. The molecule has 1 atom stereocenters. The number of fused-ring (bicyclic) bond motifs is 1. The van der Waals surface area contributed by atoms with Gasteiger partial charge in [0, 0.05) is 24.3 Å². The van der Waals surface area contributed by atoms with Crippen molar-refractivity contribution in [1.82, 2.24) is 4.98 Å². The zero-order valence-corrected chi connectivity index (χ0v) is 10.4. The summed E-state index contributed by atoms with van der Waals surface area (Å²) >= 11 is 0.